The summed E-state index contributed by atoms with van der Waals surface area (Å²) in [5.74, 6) is -0.00304. The molecule has 1 saturated carbocycles. The lowest BCUT2D eigenvalue weighted by molar-refractivity contribution is -0.141. The Morgan fingerprint density at radius 1 is 1.43 bits per heavy atom. The van der Waals surface area contributed by atoms with E-state index in [0.29, 0.717) is 31.4 Å². The maximum atomic E-state index is 12.3. The number of amides is 2. The summed E-state index contributed by atoms with van der Waals surface area (Å²) in [6, 6.07) is -1.01. The molecule has 1 saturated heterocycles. The number of hydrogen-bond acceptors (Lipinski definition) is 4. The van der Waals surface area contributed by atoms with Crippen LogP contribution in [0.5, 0.6) is 0 Å². The topological polar surface area (TPSA) is 78.9 Å². The summed E-state index contributed by atoms with van der Waals surface area (Å²) < 4.78 is 5.32. The van der Waals surface area contributed by atoms with Crippen LogP contribution in [0.4, 0.5) is 4.79 Å². The van der Waals surface area contributed by atoms with E-state index in [-0.39, 0.29) is 11.4 Å². The first-order chi connectivity index (χ1) is 10.1. The highest BCUT2D eigenvalue weighted by Crippen LogP contribution is 2.45. The molecule has 0 spiro atoms. The predicted molar refractivity (Wildman–Crippen MR) is 81.3 cm³/mol. The Balaban J connectivity index is 1.79. The molecule has 2 unspecified atom stereocenters. The van der Waals surface area contributed by atoms with Crippen molar-refractivity contribution in [3.63, 3.8) is 0 Å². The van der Waals surface area contributed by atoms with Gasteiger partial charge in [0.25, 0.3) is 0 Å². The first-order valence-corrected chi connectivity index (χ1v) is 8.29. The fourth-order valence-electron chi connectivity index (χ4n) is 2.31. The van der Waals surface area contributed by atoms with Crippen molar-refractivity contribution in [2.24, 2.45) is 5.92 Å². The fraction of sp³-hybridized carbons (Fsp3) is 0.714. The number of urea groups is 1. The van der Waals surface area contributed by atoms with Crippen molar-refractivity contribution in [1.82, 2.24) is 10.2 Å². The molecular formula is C14H22N2O4S. The Morgan fingerprint density at radius 2 is 2.19 bits per heavy atom. The highest BCUT2D eigenvalue weighted by molar-refractivity contribution is 8.00. The molecule has 2 amide bonds. The number of aliphatic carboxylic acids is 1. The Labute approximate surface area is 128 Å². The van der Waals surface area contributed by atoms with Crippen LogP contribution in [-0.4, -0.2) is 58.9 Å². The molecule has 1 aliphatic carbocycles. The number of nitrogens with zero attached hydrogens (tertiary/aromatic N) is 1. The molecule has 0 aromatic rings. The van der Waals surface area contributed by atoms with Crippen LogP contribution in [-0.2, 0) is 9.53 Å². The lowest BCUT2D eigenvalue weighted by atomic mass is 10.2. The number of carboxylic acids is 1. The summed E-state index contributed by atoms with van der Waals surface area (Å²) in [4.78, 5) is 25.1. The zero-order valence-electron chi connectivity index (χ0n) is 12.0. The molecule has 0 radical (unpaired) electrons. The lowest BCUT2D eigenvalue weighted by Crippen LogP contribution is -2.51. The molecule has 2 N–H and O–H groups in total. The van der Waals surface area contributed by atoms with Gasteiger partial charge in [0.2, 0.25) is 0 Å². The van der Waals surface area contributed by atoms with E-state index >= 15 is 0 Å². The summed E-state index contributed by atoms with van der Waals surface area (Å²) in [5.41, 5.74) is 0. The van der Waals surface area contributed by atoms with Gasteiger partial charge >= 0.3 is 12.0 Å². The molecule has 118 valence electrons. The minimum Gasteiger partial charge on any atom is -0.480 e. The minimum absolute atomic E-state index is 0.00721. The SMILES string of the molecule is C=CCCOCCNC(=O)N1C(C(=O)O)CSC1C1CC1. The van der Waals surface area contributed by atoms with Gasteiger partial charge in [-0.05, 0) is 25.2 Å². The van der Waals surface area contributed by atoms with Crippen LogP contribution < -0.4 is 5.32 Å². The van der Waals surface area contributed by atoms with Crippen LogP contribution >= 0.6 is 11.8 Å². The van der Waals surface area contributed by atoms with Crippen molar-refractivity contribution in [3.05, 3.63) is 12.7 Å². The average molecular weight is 314 g/mol. The van der Waals surface area contributed by atoms with Crippen LogP contribution in [0.25, 0.3) is 0 Å². The molecule has 0 aromatic heterocycles. The summed E-state index contributed by atoms with van der Waals surface area (Å²) in [6.07, 6.45) is 4.72. The van der Waals surface area contributed by atoms with Crippen LogP contribution in [0.2, 0.25) is 0 Å². The molecule has 6 nitrogen and oxygen atoms in total. The number of nitrogens with one attached hydrogen (secondary N) is 1. The number of carboxylic acid groups (broad SMARTS) is 1. The number of hydrogen-bond donors (Lipinski definition) is 2. The van der Waals surface area contributed by atoms with Gasteiger partial charge in [-0.15, -0.1) is 18.3 Å². The second kappa shape index (κ2) is 7.70. The van der Waals surface area contributed by atoms with Crippen molar-refractivity contribution in [2.75, 3.05) is 25.5 Å². The predicted octanol–water partition coefficient (Wildman–Crippen LogP) is 1.53. The number of carbonyl (C=O) groups is 2. The molecule has 2 aliphatic rings. The summed E-state index contributed by atoms with van der Waals surface area (Å²) in [7, 11) is 0. The molecule has 2 rings (SSSR count). The van der Waals surface area contributed by atoms with Gasteiger partial charge in [0, 0.05) is 12.3 Å². The largest absolute Gasteiger partial charge is 0.480 e. The van der Waals surface area contributed by atoms with Crippen molar-refractivity contribution in [2.45, 2.75) is 30.7 Å². The van der Waals surface area contributed by atoms with E-state index in [9.17, 15) is 14.7 Å². The molecule has 2 fully saturated rings. The lowest BCUT2D eigenvalue weighted by Gasteiger charge is -2.27. The first kappa shape index (κ1) is 16.2. The monoisotopic (exact) mass is 314 g/mol. The van der Waals surface area contributed by atoms with E-state index in [4.69, 9.17) is 4.74 Å². The molecule has 1 heterocycles. The number of thioether (sulfide) groups is 1. The van der Waals surface area contributed by atoms with Crippen molar-refractivity contribution in [3.8, 4) is 0 Å². The van der Waals surface area contributed by atoms with Gasteiger partial charge in [0.1, 0.15) is 6.04 Å². The zero-order chi connectivity index (χ0) is 15.2. The highest BCUT2D eigenvalue weighted by Gasteiger charge is 2.47. The van der Waals surface area contributed by atoms with E-state index in [1.165, 1.54) is 4.90 Å². The fourth-order valence-corrected chi connectivity index (χ4v) is 3.94. The minimum atomic E-state index is -0.928. The maximum absolute atomic E-state index is 12.3. The van der Waals surface area contributed by atoms with Crippen molar-refractivity contribution < 1.29 is 19.4 Å². The van der Waals surface area contributed by atoms with Crippen LogP contribution in [0.3, 0.4) is 0 Å². The Hall–Kier alpha value is -1.21. The van der Waals surface area contributed by atoms with Gasteiger partial charge < -0.3 is 15.2 Å². The Kier molecular flexibility index (Phi) is 5.93. The van der Waals surface area contributed by atoms with Gasteiger partial charge in [-0.1, -0.05) is 6.08 Å². The van der Waals surface area contributed by atoms with Crippen molar-refractivity contribution >= 4 is 23.8 Å². The smallest absolute Gasteiger partial charge is 0.327 e. The molecule has 1 aliphatic heterocycles. The third-order valence-electron chi connectivity index (χ3n) is 3.57. The Morgan fingerprint density at radius 3 is 2.81 bits per heavy atom. The summed E-state index contributed by atoms with van der Waals surface area (Å²) >= 11 is 1.58. The zero-order valence-corrected chi connectivity index (χ0v) is 12.8. The second-order valence-electron chi connectivity index (χ2n) is 5.24. The first-order valence-electron chi connectivity index (χ1n) is 7.24. The molecule has 21 heavy (non-hydrogen) atoms. The van der Waals surface area contributed by atoms with Crippen LogP contribution in [0, 0.1) is 5.92 Å². The number of ether oxygens (including phenoxy) is 1. The van der Waals surface area contributed by atoms with E-state index < -0.39 is 12.0 Å². The molecule has 0 bridgehead atoms. The van der Waals surface area contributed by atoms with E-state index in [2.05, 4.69) is 11.9 Å². The van der Waals surface area contributed by atoms with Gasteiger partial charge in [-0.25, -0.2) is 9.59 Å². The third-order valence-corrected chi connectivity index (χ3v) is 5.03. The van der Waals surface area contributed by atoms with Crippen molar-refractivity contribution in [1.29, 1.82) is 0 Å². The maximum Gasteiger partial charge on any atom is 0.327 e. The quantitative estimate of drug-likeness (QED) is 0.525. The van der Waals surface area contributed by atoms with Gasteiger partial charge in [-0.2, -0.15) is 0 Å². The second-order valence-corrected chi connectivity index (χ2v) is 6.39. The van der Waals surface area contributed by atoms with Gasteiger partial charge in [-0.3, -0.25) is 4.90 Å². The van der Waals surface area contributed by atoms with E-state index in [0.717, 1.165) is 19.3 Å². The average Bonchev–Trinajstić information content (AvgIpc) is 3.20. The Bertz CT molecular complexity index is 400. The van der Waals surface area contributed by atoms with Crippen LogP contribution in [0.1, 0.15) is 19.3 Å². The third kappa shape index (κ3) is 4.38. The highest BCUT2D eigenvalue weighted by atomic mass is 32.2. The number of carbonyl (C=O) groups excluding carboxylic acids is 1. The van der Waals surface area contributed by atoms with Gasteiger partial charge in [0.15, 0.2) is 0 Å². The van der Waals surface area contributed by atoms with E-state index in [1.807, 2.05) is 0 Å². The van der Waals surface area contributed by atoms with Gasteiger partial charge in [0.05, 0.1) is 18.6 Å². The number of rotatable bonds is 8. The molecular weight excluding hydrogens is 292 g/mol. The standard InChI is InChI=1S/C14H22N2O4S/c1-2-3-7-20-8-6-15-14(19)16-11(13(17)18)9-21-12(16)10-4-5-10/h2,10-12H,1,3-9H2,(H,15,19)(H,17,18). The van der Waals surface area contributed by atoms with E-state index in [1.54, 1.807) is 17.8 Å². The van der Waals surface area contributed by atoms with Crippen LogP contribution in [0.15, 0.2) is 12.7 Å². The summed E-state index contributed by atoms with van der Waals surface area (Å²) in [6.45, 7) is 5.00. The molecule has 7 heteroatoms. The molecule has 2 atom stereocenters. The molecule has 0 aromatic carbocycles. The normalized spacial score (nSPS) is 24.9. The summed E-state index contributed by atoms with van der Waals surface area (Å²) in [5, 5.41) is 12.0.